The van der Waals surface area contributed by atoms with Crippen LogP contribution in [0.5, 0.6) is 0 Å². The van der Waals surface area contributed by atoms with Crippen LogP contribution in [0.15, 0.2) is 12.2 Å². The van der Waals surface area contributed by atoms with Crippen molar-refractivity contribution in [1.29, 1.82) is 0 Å². The number of carbonyl (C=O) groups excluding carboxylic acids is 2. The SMILES string of the molecule is CC(C)C(=O)/C=C/CNC(C=O)CO. The maximum atomic E-state index is 11.1. The fraction of sp³-hybridized carbons (Fsp3) is 0.600. The molecule has 0 aromatic carbocycles. The van der Waals surface area contributed by atoms with Crippen molar-refractivity contribution in [3.8, 4) is 0 Å². The molecule has 1 atom stereocenters. The van der Waals surface area contributed by atoms with E-state index < -0.39 is 6.04 Å². The van der Waals surface area contributed by atoms with Gasteiger partial charge in [0.05, 0.1) is 12.6 Å². The fourth-order valence-electron chi connectivity index (χ4n) is 0.743. The van der Waals surface area contributed by atoms with Crippen LogP contribution in [0.2, 0.25) is 0 Å². The van der Waals surface area contributed by atoms with Crippen molar-refractivity contribution in [1.82, 2.24) is 5.32 Å². The minimum atomic E-state index is -0.547. The molecule has 0 aromatic rings. The Morgan fingerprint density at radius 3 is 2.57 bits per heavy atom. The first-order chi connectivity index (χ1) is 6.61. The van der Waals surface area contributed by atoms with Crippen LogP contribution in [-0.2, 0) is 9.59 Å². The Balaban J connectivity index is 3.72. The molecule has 0 rings (SSSR count). The number of ketones is 1. The highest BCUT2D eigenvalue weighted by Gasteiger charge is 2.03. The third-order valence-corrected chi connectivity index (χ3v) is 1.71. The predicted octanol–water partition coefficient (Wildman–Crippen LogP) is -0.0829. The topological polar surface area (TPSA) is 66.4 Å². The van der Waals surface area contributed by atoms with Gasteiger partial charge in [0.2, 0.25) is 0 Å². The van der Waals surface area contributed by atoms with Crippen LogP contribution in [0.1, 0.15) is 13.8 Å². The van der Waals surface area contributed by atoms with E-state index in [1.165, 1.54) is 6.08 Å². The van der Waals surface area contributed by atoms with Crippen molar-refractivity contribution in [2.24, 2.45) is 5.92 Å². The van der Waals surface area contributed by atoms with Crippen molar-refractivity contribution in [3.63, 3.8) is 0 Å². The molecule has 0 aliphatic carbocycles. The molecule has 0 amide bonds. The average molecular weight is 199 g/mol. The number of aliphatic hydroxyl groups is 1. The molecule has 0 aliphatic rings. The van der Waals surface area contributed by atoms with E-state index in [0.717, 1.165) is 0 Å². The highest BCUT2D eigenvalue weighted by Crippen LogP contribution is 1.94. The zero-order chi connectivity index (χ0) is 11.0. The monoisotopic (exact) mass is 199 g/mol. The predicted molar refractivity (Wildman–Crippen MR) is 53.9 cm³/mol. The van der Waals surface area contributed by atoms with Crippen LogP contribution in [0, 0.1) is 5.92 Å². The van der Waals surface area contributed by atoms with Crippen molar-refractivity contribution >= 4 is 12.1 Å². The summed E-state index contributed by atoms with van der Waals surface area (Å²) in [5.41, 5.74) is 0. The van der Waals surface area contributed by atoms with E-state index in [1.54, 1.807) is 6.08 Å². The van der Waals surface area contributed by atoms with Crippen molar-refractivity contribution in [2.75, 3.05) is 13.2 Å². The second kappa shape index (κ2) is 7.41. The molecule has 0 saturated carbocycles. The maximum absolute atomic E-state index is 11.1. The molecule has 80 valence electrons. The molecule has 0 fully saturated rings. The van der Waals surface area contributed by atoms with Crippen LogP contribution in [0.4, 0.5) is 0 Å². The molecule has 0 aliphatic heterocycles. The smallest absolute Gasteiger partial charge is 0.157 e. The lowest BCUT2D eigenvalue weighted by Gasteiger charge is -2.05. The summed E-state index contributed by atoms with van der Waals surface area (Å²) < 4.78 is 0. The number of aliphatic hydroxyl groups excluding tert-OH is 1. The standard InChI is InChI=1S/C10H17NO3/c1-8(2)10(14)4-3-5-11-9(6-12)7-13/h3-4,6,8-9,11,13H,5,7H2,1-2H3/b4-3+. The molecule has 14 heavy (non-hydrogen) atoms. The van der Waals surface area contributed by atoms with Gasteiger partial charge < -0.3 is 15.2 Å². The van der Waals surface area contributed by atoms with Gasteiger partial charge in [0.1, 0.15) is 6.29 Å². The van der Waals surface area contributed by atoms with Gasteiger partial charge in [-0.05, 0) is 6.08 Å². The van der Waals surface area contributed by atoms with Crippen molar-refractivity contribution < 1.29 is 14.7 Å². The largest absolute Gasteiger partial charge is 0.394 e. The molecule has 4 heteroatoms. The summed E-state index contributed by atoms with van der Waals surface area (Å²) >= 11 is 0. The lowest BCUT2D eigenvalue weighted by molar-refractivity contribution is -0.117. The lowest BCUT2D eigenvalue weighted by atomic mass is 10.1. The number of rotatable bonds is 7. The van der Waals surface area contributed by atoms with Crippen LogP contribution in [0.25, 0.3) is 0 Å². The van der Waals surface area contributed by atoms with Gasteiger partial charge in [-0.15, -0.1) is 0 Å². The number of carbonyl (C=O) groups is 2. The molecule has 0 spiro atoms. The number of allylic oxidation sites excluding steroid dienone is 1. The number of hydrogen-bond acceptors (Lipinski definition) is 4. The van der Waals surface area contributed by atoms with E-state index >= 15 is 0 Å². The van der Waals surface area contributed by atoms with E-state index in [0.29, 0.717) is 12.8 Å². The zero-order valence-electron chi connectivity index (χ0n) is 8.56. The molecule has 0 saturated heterocycles. The summed E-state index contributed by atoms with van der Waals surface area (Å²) in [4.78, 5) is 21.4. The quantitative estimate of drug-likeness (QED) is 0.444. The first kappa shape index (κ1) is 13.0. The normalized spacial score (nSPS) is 13.4. The Morgan fingerprint density at radius 2 is 2.14 bits per heavy atom. The Bertz CT molecular complexity index is 211. The summed E-state index contributed by atoms with van der Waals surface area (Å²) in [5, 5.41) is 11.4. The first-order valence-corrected chi connectivity index (χ1v) is 4.61. The third kappa shape index (κ3) is 5.61. The fourth-order valence-corrected chi connectivity index (χ4v) is 0.743. The van der Waals surface area contributed by atoms with Gasteiger partial charge in [-0.25, -0.2) is 0 Å². The van der Waals surface area contributed by atoms with Gasteiger partial charge in [0.15, 0.2) is 5.78 Å². The minimum absolute atomic E-state index is 0.00837. The summed E-state index contributed by atoms with van der Waals surface area (Å²) in [6, 6.07) is -0.547. The van der Waals surface area contributed by atoms with E-state index in [-0.39, 0.29) is 18.3 Å². The van der Waals surface area contributed by atoms with E-state index in [9.17, 15) is 9.59 Å². The third-order valence-electron chi connectivity index (χ3n) is 1.71. The molecular formula is C10H17NO3. The average Bonchev–Trinajstić information content (AvgIpc) is 2.17. The first-order valence-electron chi connectivity index (χ1n) is 4.61. The second-order valence-electron chi connectivity index (χ2n) is 3.29. The van der Waals surface area contributed by atoms with Crippen molar-refractivity contribution in [3.05, 3.63) is 12.2 Å². The molecule has 0 heterocycles. The molecule has 4 nitrogen and oxygen atoms in total. The Kier molecular flexibility index (Phi) is 6.88. The molecule has 0 bridgehead atoms. The van der Waals surface area contributed by atoms with Gasteiger partial charge in [-0.1, -0.05) is 19.9 Å². The van der Waals surface area contributed by atoms with E-state index in [4.69, 9.17) is 5.11 Å². The number of aldehydes is 1. The van der Waals surface area contributed by atoms with Gasteiger partial charge >= 0.3 is 0 Å². The highest BCUT2D eigenvalue weighted by molar-refractivity contribution is 5.91. The van der Waals surface area contributed by atoms with E-state index in [1.807, 2.05) is 13.8 Å². The van der Waals surface area contributed by atoms with Crippen LogP contribution >= 0.6 is 0 Å². The van der Waals surface area contributed by atoms with Crippen LogP contribution < -0.4 is 5.32 Å². The maximum Gasteiger partial charge on any atom is 0.157 e. The molecular weight excluding hydrogens is 182 g/mol. The molecule has 1 unspecified atom stereocenters. The minimum Gasteiger partial charge on any atom is -0.394 e. The summed E-state index contributed by atoms with van der Waals surface area (Å²) in [7, 11) is 0. The number of hydrogen-bond donors (Lipinski definition) is 2. The second-order valence-corrected chi connectivity index (χ2v) is 3.29. The Hall–Kier alpha value is -1.00. The summed E-state index contributed by atoms with van der Waals surface area (Å²) in [6.07, 6.45) is 3.77. The number of nitrogens with one attached hydrogen (secondary N) is 1. The van der Waals surface area contributed by atoms with Gasteiger partial charge in [-0.3, -0.25) is 4.79 Å². The van der Waals surface area contributed by atoms with Gasteiger partial charge in [0, 0.05) is 12.5 Å². The van der Waals surface area contributed by atoms with Gasteiger partial charge in [-0.2, -0.15) is 0 Å². The van der Waals surface area contributed by atoms with Gasteiger partial charge in [0.25, 0.3) is 0 Å². The Labute approximate surface area is 84.0 Å². The summed E-state index contributed by atoms with van der Waals surface area (Å²) in [6.45, 7) is 3.82. The lowest BCUT2D eigenvalue weighted by Crippen LogP contribution is -2.33. The Morgan fingerprint density at radius 1 is 1.50 bits per heavy atom. The van der Waals surface area contributed by atoms with Crippen molar-refractivity contribution in [2.45, 2.75) is 19.9 Å². The van der Waals surface area contributed by atoms with Crippen LogP contribution in [-0.4, -0.2) is 36.4 Å². The molecule has 2 N–H and O–H groups in total. The highest BCUT2D eigenvalue weighted by atomic mass is 16.3. The zero-order valence-corrected chi connectivity index (χ0v) is 8.56. The molecule has 0 aromatic heterocycles. The van der Waals surface area contributed by atoms with E-state index in [2.05, 4.69) is 5.32 Å². The van der Waals surface area contributed by atoms with Crippen LogP contribution in [0.3, 0.4) is 0 Å². The molecule has 0 radical (unpaired) electrons. The summed E-state index contributed by atoms with van der Waals surface area (Å²) in [5.74, 6) is 0.0458.